The van der Waals surface area contributed by atoms with Crippen LogP contribution in [0.25, 0.3) is 10.2 Å². The van der Waals surface area contributed by atoms with E-state index in [0.29, 0.717) is 33.4 Å². The van der Waals surface area contributed by atoms with Crippen LogP contribution in [0.5, 0.6) is 0 Å². The van der Waals surface area contributed by atoms with Gasteiger partial charge in [0.1, 0.15) is 21.9 Å². The van der Waals surface area contributed by atoms with Crippen molar-refractivity contribution in [2.45, 2.75) is 26.7 Å². The van der Waals surface area contributed by atoms with Crippen molar-refractivity contribution in [3.8, 4) is 0 Å². The van der Waals surface area contributed by atoms with Gasteiger partial charge in [0.2, 0.25) is 0 Å². The molecule has 0 aliphatic heterocycles. The first-order chi connectivity index (χ1) is 13.5. The number of esters is 2. The Morgan fingerprint density at radius 1 is 1.21 bits per heavy atom. The second-order valence-electron chi connectivity index (χ2n) is 6.15. The second-order valence-corrected chi connectivity index (χ2v) is 7.14. The predicted octanol–water partition coefficient (Wildman–Crippen LogP) is 4.49. The molecule has 0 spiro atoms. The minimum absolute atomic E-state index is 0.357. The molecule has 0 amide bonds. The third-order valence-corrected chi connectivity index (χ3v) is 5.37. The molecule has 0 unspecified atom stereocenters. The predicted molar refractivity (Wildman–Crippen MR) is 108 cm³/mol. The number of nitrogens with zero attached hydrogens (tertiary/aromatic N) is 2. The fourth-order valence-corrected chi connectivity index (χ4v) is 3.77. The maximum absolute atomic E-state index is 12.2. The first kappa shape index (κ1) is 19.8. The SMILES string of the molecule is CCCCOC(=O)c1cccc(Nc2ncnc3sc(C(=O)OC)c(C)c23)c1. The molecule has 2 aromatic heterocycles. The number of benzene rings is 1. The summed E-state index contributed by atoms with van der Waals surface area (Å²) in [5.41, 5.74) is 1.91. The molecular formula is C20H21N3O4S. The van der Waals surface area contributed by atoms with Gasteiger partial charge >= 0.3 is 11.9 Å². The Hall–Kier alpha value is -3.00. The molecule has 0 fully saturated rings. The summed E-state index contributed by atoms with van der Waals surface area (Å²) in [5, 5.41) is 3.97. The van der Waals surface area contributed by atoms with Crippen LogP contribution in [0.2, 0.25) is 0 Å². The van der Waals surface area contributed by atoms with E-state index < -0.39 is 5.97 Å². The highest BCUT2D eigenvalue weighted by atomic mass is 32.1. The number of anilines is 2. The van der Waals surface area contributed by atoms with Crippen molar-refractivity contribution in [3.05, 3.63) is 46.6 Å². The molecule has 0 aliphatic rings. The van der Waals surface area contributed by atoms with Crippen LogP contribution in [0, 0.1) is 6.92 Å². The summed E-state index contributed by atoms with van der Waals surface area (Å²) in [4.78, 5) is 33.9. The van der Waals surface area contributed by atoms with E-state index >= 15 is 0 Å². The van der Waals surface area contributed by atoms with Gasteiger partial charge in [-0.25, -0.2) is 19.6 Å². The number of fused-ring (bicyclic) bond motifs is 1. The molecule has 146 valence electrons. The van der Waals surface area contributed by atoms with E-state index in [2.05, 4.69) is 15.3 Å². The zero-order valence-corrected chi connectivity index (χ0v) is 16.8. The number of hydrogen-bond donors (Lipinski definition) is 1. The van der Waals surface area contributed by atoms with Gasteiger partial charge < -0.3 is 14.8 Å². The summed E-state index contributed by atoms with van der Waals surface area (Å²) in [5.74, 6) is -0.196. The van der Waals surface area contributed by atoms with E-state index in [1.54, 1.807) is 18.2 Å². The summed E-state index contributed by atoms with van der Waals surface area (Å²) < 4.78 is 10.1. The highest BCUT2D eigenvalue weighted by molar-refractivity contribution is 7.20. The molecule has 3 aromatic rings. The molecule has 7 nitrogen and oxygen atoms in total. The Morgan fingerprint density at radius 2 is 2.04 bits per heavy atom. The van der Waals surface area contributed by atoms with Gasteiger partial charge in [-0.2, -0.15) is 0 Å². The lowest BCUT2D eigenvalue weighted by molar-refractivity contribution is 0.0499. The number of methoxy groups -OCH3 is 1. The van der Waals surface area contributed by atoms with Crippen LogP contribution >= 0.6 is 11.3 Å². The molecule has 3 rings (SSSR count). The van der Waals surface area contributed by atoms with Gasteiger partial charge in [0.25, 0.3) is 0 Å². The molecule has 0 saturated heterocycles. The molecule has 2 heterocycles. The summed E-state index contributed by atoms with van der Waals surface area (Å²) >= 11 is 1.26. The monoisotopic (exact) mass is 399 g/mol. The third kappa shape index (κ3) is 4.12. The van der Waals surface area contributed by atoms with E-state index in [4.69, 9.17) is 9.47 Å². The molecule has 0 atom stereocenters. The van der Waals surface area contributed by atoms with Crippen molar-refractivity contribution in [1.82, 2.24) is 9.97 Å². The zero-order valence-electron chi connectivity index (χ0n) is 15.9. The minimum atomic E-state index is -0.400. The molecular weight excluding hydrogens is 378 g/mol. The average molecular weight is 399 g/mol. The number of carbonyl (C=O) groups is 2. The normalized spacial score (nSPS) is 10.7. The number of aryl methyl sites for hydroxylation is 1. The quantitative estimate of drug-likeness (QED) is 0.462. The van der Waals surface area contributed by atoms with Gasteiger partial charge in [-0.15, -0.1) is 11.3 Å². The Kier molecular flexibility index (Phi) is 6.20. The Morgan fingerprint density at radius 3 is 2.79 bits per heavy atom. The number of hydrogen-bond acceptors (Lipinski definition) is 8. The van der Waals surface area contributed by atoms with E-state index in [0.717, 1.165) is 23.8 Å². The average Bonchev–Trinajstić information content (AvgIpc) is 3.05. The number of rotatable bonds is 7. The van der Waals surface area contributed by atoms with Gasteiger partial charge in [-0.05, 0) is 37.1 Å². The number of carbonyl (C=O) groups excluding carboxylic acids is 2. The van der Waals surface area contributed by atoms with Crippen molar-refractivity contribution >= 4 is 45.0 Å². The Balaban J connectivity index is 1.89. The summed E-state index contributed by atoms with van der Waals surface area (Å²) in [6, 6.07) is 7.03. The van der Waals surface area contributed by atoms with E-state index in [1.807, 2.05) is 19.9 Å². The molecule has 8 heteroatoms. The van der Waals surface area contributed by atoms with Crippen LogP contribution in [0.3, 0.4) is 0 Å². The van der Waals surface area contributed by atoms with E-state index in [9.17, 15) is 9.59 Å². The molecule has 0 saturated carbocycles. The molecule has 28 heavy (non-hydrogen) atoms. The third-order valence-electron chi connectivity index (χ3n) is 4.19. The molecule has 0 bridgehead atoms. The maximum Gasteiger partial charge on any atom is 0.348 e. The first-order valence-corrected chi connectivity index (χ1v) is 9.73. The van der Waals surface area contributed by atoms with Crippen LogP contribution in [-0.2, 0) is 9.47 Å². The van der Waals surface area contributed by atoms with Crippen LogP contribution in [-0.4, -0.2) is 35.6 Å². The van der Waals surface area contributed by atoms with Crippen LogP contribution < -0.4 is 5.32 Å². The standard InChI is InChI=1S/C20H21N3O4S/c1-4-5-9-27-19(24)13-7-6-8-14(10-13)23-17-15-12(2)16(20(25)26-3)28-18(15)22-11-21-17/h6-8,10-11H,4-5,9H2,1-3H3,(H,21,22,23). The number of thiophene rings is 1. The Labute approximate surface area is 166 Å². The highest BCUT2D eigenvalue weighted by Crippen LogP contribution is 2.34. The van der Waals surface area contributed by atoms with Crippen molar-refractivity contribution in [1.29, 1.82) is 0 Å². The first-order valence-electron chi connectivity index (χ1n) is 8.91. The minimum Gasteiger partial charge on any atom is -0.465 e. The fourth-order valence-electron chi connectivity index (χ4n) is 2.71. The lowest BCUT2D eigenvalue weighted by Gasteiger charge is -2.09. The molecule has 0 radical (unpaired) electrons. The number of unbranched alkanes of at least 4 members (excludes halogenated alkanes) is 1. The fraction of sp³-hybridized carbons (Fsp3) is 0.300. The highest BCUT2D eigenvalue weighted by Gasteiger charge is 2.20. The lowest BCUT2D eigenvalue weighted by Crippen LogP contribution is -2.07. The van der Waals surface area contributed by atoms with Crippen molar-refractivity contribution in [2.75, 3.05) is 19.0 Å². The maximum atomic E-state index is 12.2. The van der Waals surface area contributed by atoms with Crippen molar-refractivity contribution in [2.24, 2.45) is 0 Å². The summed E-state index contributed by atoms with van der Waals surface area (Å²) in [6.07, 6.45) is 3.24. The lowest BCUT2D eigenvalue weighted by atomic mass is 10.1. The van der Waals surface area contributed by atoms with Crippen LogP contribution in [0.1, 0.15) is 45.4 Å². The van der Waals surface area contributed by atoms with Crippen molar-refractivity contribution < 1.29 is 19.1 Å². The second kappa shape index (κ2) is 8.79. The summed E-state index contributed by atoms with van der Waals surface area (Å²) in [6.45, 7) is 4.28. The van der Waals surface area contributed by atoms with Gasteiger partial charge in [0.05, 0.1) is 24.7 Å². The molecule has 1 aromatic carbocycles. The van der Waals surface area contributed by atoms with Crippen LogP contribution in [0.15, 0.2) is 30.6 Å². The number of nitrogens with one attached hydrogen (secondary N) is 1. The molecule has 0 aliphatic carbocycles. The van der Waals surface area contributed by atoms with E-state index in [1.165, 1.54) is 24.8 Å². The van der Waals surface area contributed by atoms with Gasteiger partial charge in [-0.1, -0.05) is 19.4 Å². The topological polar surface area (TPSA) is 90.4 Å². The van der Waals surface area contributed by atoms with Crippen molar-refractivity contribution in [3.63, 3.8) is 0 Å². The Bertz CT molecular complexity index is 1020. The summed E-state index contributed by atoms with van der Waals surface area (Å²) in [7, 11) is 1.35. The largest absolute Gasteiger partial charge is 0.465 e. The van der Waals surface area contributed by atoms with Gasteiger partial charge in [0, 0.05) is 5.69 Å². The zero-order chi connectivity index (χ0) is 20.1. The van der Waals surface area contributed by atoms with Gasteiger partial charge in [0.15, 0.2) is 0 Å². The molecule has 1 N–H and O–H groups in total. The smallest absolute Gasteiger partial charge is 0.348 e. The number of ether oxygens (including phenoxy) is 2. The van der Waals surface area contributed by atoms with E-state index in [-0.39, 0.29) is 5.97 Å². The van der Waals surface area contributed by atoms with Gasteiger partial charge in [-0.3, -0.25) is 0 Å². The number of aromatic nitrogens is 2. The van der Waals surface area contributed by atoms with Crippen LogP contribution in [0.4, 0.5) is 11.5 Å².